The maximum Gasteiger partial charge on any atom is 0.271 e. The summed E-state index contributed by atoms with van der Waals surface area (Å²) in [5, 5.41) is 27.6. The SMILES string of the molecule is CCc1cccc(/N=N/c2c(C)c(C#N)c(=O)n(CC)c2O)c1. The summed E-state index contributed by atoms with van der Waals surface area (Å²) in [6.45, 7) is 5.58. The van der Waals surface area contributed by atoms with E-state index in [4.69, 9.17) is 0 Å². The van der Waals surface area contributed by atoms with Gasteiger partial charge < -0.3 is 5.11 Å². The maximum atomic E-state index is 12.1. The van der Waals surface area contributed by atoms with E-state index in [2.05, 4.69) is 10.2 Å². The lowest BCUT2D eigenvalue weighted by molar-refractivity contribution is 0.412. The number of nitriles is 1. The van der Waals surface area contributed by atoms with Crippen LogP contribution >= 0.6 is 0 Å². The van der Waals surface area contributed by atoms with Crippen LogP contribution in [0.15, 0.2) is 39.3 Å². The van der Waals surface area contributed by atoms with Crippen molar-refractivity contribution in [2.24, 2.45) is 10.2 Å². The molecule has 0 bridgehead atoms. The van der Waals surface area contributed by atoms with Gasteiger partial charge in [0.05, 0.1) is 5.69 Å². The molecule has 0 unspecified atom stereocenters. The lowest BCUT2D eigenvalue weighted by atomic mass is 10.1. The summed E-state index contributed by atoms with van der Waals surface area (Å²) in [6.07, 6.45) is 0.882. The molecule has 0 aliphatic heterocycles. The van der Waals surface area contributed by atoms with Crippen LogP contribution in [0.4, 0.5) is 11.4 Å². The van der Waals surface area contributed by atoms with Crippen molar-refractivity contribution in [3.63, 3.8) is 0 Å². The molecule has 0 spiro atoms. The van der Waals surface area contributed by atoms with Crippen molar-refractivity contribution in [3.8, 4) is 11.9 Å². The highest BCUT2D eigenvalue weighted by Crippen LogP contribution is 2.32. The molecular weight excluding hydrogens is 292 g/mol. The molecule has 23 heavy (non-hydrogen) atoms. The minimum absolute atomic E-state index is 0.0269. The average molecular weight is 310 g/mol. The van der Waals surface area contributed by atoms with Gasteiger partial charge in [-0.1, -0.05) is 19.1 Å². The van der Waals surface area contributed by atoms with Crippen molar-refractivity contribution < 1.29 is 5.11 Å². The van der Waals surface area contributed by atoms with Crippen molar-refractivity contribution >= 4 is 11.4 Å². The van der Waals surface area contributed by atoms with Crippen LogP contribution in [0, 0.1) is 18.3 Å². The Bertz CT molecular complexity index is 860. The van der Waals surface area contributed by atoms with Crippen molar-refractivity contribution in [2.45, 2.75) is 33.7 Å². The Hall–Kier alpha value is -2.94. The highest BCUT2D eigenvalue weighted by molar-refractivity contribution is 5.59. The van der Waals surface area contributed by atoms with Gasteiger partial charge in [0.15, 0.2) is 5.69 Å². The van der Waals surface area contributed by atoms with E-state index in [-0.39, 0.29) is 23.7 Å². The van der Waals surface area contributed by atoms with E-state index >= 15 is 0 Å². The summed E-state index contributed by atoms with van der Waals surface area (Å²) >= 11 is 0. The highest BCUT2D eigenvalue weighted by Gasteiger charge is 2.18. The van der Waals surface area contributed by atoms with Crippen LogP contribution in [-0.4, -0.2) is 9.67 Å². The second-order valence-electron chi connectivity index (χ2n) is 5.06. The van der Waals surface area contributed by atoms with Gasteiger partial charge in [-0.15, -0.1) is 5.11 Å². The Kier molecular flexibility index (Phi) is 4.91. The molecule has 0 fully saturated rings. The largest absolute Gasteiger partial charge is 0.493 e. The molecule has 118 valence electrons. The first kappa shape index (κ1) is 16.4. The first-order valence-corrected chi connectivity index (χ1v) is 7.40. The lowest BCUT2D eigenvalue weighted by Crippen LogP contribution is -2.23. The fourth-order valence-corrected chi connectivity index (χ4v) is 2.30. The smallest absolute Gasteiger partial charge is 0.271 e. The third-order valence-corrected chi connectivity index (χ3v) is 3.67. The Balaban J connectivity index is 2.57. The van der Waals surface area contributed by atoms with E-state index in [9.17, 15) is 15.2 Å². The molecule has 6 nitrogen and oxygen atoms in total. The quantitative estimate of drug-likeness (QED) is 0.872. The molecule has 1 aromatic carbocycles. The number of pyridine rings is 1. The zero-order valence-corrected chi connectivity index (χ0v) is 13.4. The molecule has 1 aromatic heterocycles. The standard InChI is InChI=1S/C17H18N4O2/c1-4-12-7-6-8-13(9-12)19-20-15-11(3)14(10-18)16(22)21(5-2)17(15)23/h6-9,23H,4-5H2,1-3H3/b20-19+. The monoisotopic (exact) mass is 310 g/mol. The summed E-state index contributed by atoms with van der Waals surface area (Å²) < 4.78 is 1.11. The molecule has 2 rings (SSSR count). The maximum absolute atomic E-state index is 12.1. The highest BCUT2D eigenvalue weighted by atomic mass is 16.3. The Morgan fingerprint density at radius 3 is 2.65 bits per heavy atom. The predicted octanol–water partition coefficient (Wildman–Crippen LogP) is 3.73. The van der Waals surface area contributed by atoms with Crippen LogP contribution in [0.5, 0.6) is 5.88 Å². The van der Waals surface area contributed by atoms with Gasteiger partial charge in [0.25, 0.3) is 5.56 Å². The number of aryl methyl sites for hydroxylation is 1. The third-order valence-electron chi connectivity index (χ3n) is 3.67. The second-order valence-corrected chi connectivity index (χ2v) is 5.06. The molecule has 0 amide bonds. The van der Waals surface area contributed by atoms with Crippen LogP contribution < -0.4 is 5.56 Å². The fourth-order valence-electron chi connectivity index (χ4n) is 2.30. The topological polar surface area (TPSA) is 90.7 Å². The number of hydrogen-bond donors (Lipinski definition) is 1. The molecule has 1 heterocycles. The summed E-state index contributed by atoms with van der Waals surface area (Å²) in [5.41, 5.74) is 1.70. The van der Waals surface area contributed by atoms with E-state index in [0.717, 1.165) is 16.6 Å². The van der Waals surface area contributed by atoms with Gasteiger partial charge in [0.2, 0.25) is 5.88 Å². The molecule has 6 heteroatoms. The number of rotatable bonds is 4. The van der Waals surface area contributed by atoms with Crippen molar-refractivity contribution in [3.05, 3.63) is 51.3 Å². The van der Waals surface area contributed by atoms with Crippen LogP contribution in [0.3, 0.4) is 0 Å². The van der Waals surface area contributed by atoms with E-state index < -0.39 is 5.56 Å². The Morgan fingerprint density at radius 1 is 1.30 bits per heavy atom. The third kappa shape index (κ3) is 3.14. The lowest BCUT2D eigenvalue weighted by Gasteiger charge is -2.11. The predicted molar refractivity (Wildman–Crippen MR) is 87.5 cm³/mol. The van der Waals surface area contributed by atoms with Crippen LogP contribution in [0.25, 0.3) is 0 Å². The summed E-state index contributed by atoms with van der Waals surface area (Å²) in [4.78, 5) is 12.1. The number of aromatic nitrogens is 1. The summed E-state index contributed by atoms with van der Waals surface area (Å²) in [6, 6.07) is 9.45. The van der Waals surface area contributed by atoms with Gasteiger partial charge in [-0.2, -0.15) is 10.4 Å². The van der Waals surface area contributed by atoms with E-state index in [1.165, 1.54) is 0 Å². The minimum Gasteiger partial charge on any atom is -0.493 e. The fraction of sp³-hybridized carbons (Fsp3) is 0.294. The Morgan fingerprint density at radius 2 is 2.04 bits per heavy atom. The average Bonchev–Trinajstić information content (AvgIpc) is 2.55. The molecular formula is C17H18N4O2. The number of benzene rings is 1. The summed E-state index contributed by atoms with van der Waals surface area (Å²) in [5.74, 6) is -0.274. The minimum atomic E-state index is -0.517. The van der Waals surface area contributed by atoms with Crippen LogP contribution in [0.2, 0.25) is 0 Å². The Labute approximate surface area is 134 Å². The molecule has 0 aliphatic rings. The van der Waals surface area contributed by atoms with Gasteiger partial charge in [-0.05, 0) is 38.0 Å². The number of nitrogens with zero attached hydrogens (tertiary/aromatic N) is 4. The molecule has 2 aromatic rings. The van der Waals surface area contributed by atoms with Crippen molar-refractivity contribution in [1.29, 1.82) is 5.26 Å². The van der Waals surface area contributed by atoms with Gasteiger partial charge in [-0.3, -0.25) is 9.36 Å². The van der Waals surface area contributed by atoms with Gasteiger partial charge in [-0.25, -0.2) is 0 Å². The molecule has 0 radical (unpaired) electrons. The zero-order valence-electron chi connectivity index (χ0n) is 13.4. The van der Waals surface area contributed by atoms with Crippen LogP contribution in [0.1, 0.15) is 30.5 Å². The van der Waals surface area contributed by atoms with Gasteiger partial charge in [0, 0.05) is 12.1 Å². The molecule has 0 saturated heterocycles. The number of hydrogen-bond acceptors (Lipinski definition) is 5. The number of aromatic hydroxyl groups is 1. The first-order valence-electron chi connectivity index (χ1n) is 7.40. The molecule has 0 aliphatic carbocycles. The normalized spacial score (nSPS) is 10.9. The van der Waals surface area contributed by atoms with E-state index in [1.807, 2.05) is 31.2 Å². The number of azo groups is 1. The van der Waals surface area contributed by atoms with Crippen LogP contribution in [-0.2, 0) is 13.0 Å². The first-order chi connectivity index (χ1) is 11.0. The molecule has 0 atom stereocenters. The van der Waals surface area contributed by atoms with E-state index in [0.29, 0.717) is 11.3 Å². The zero-order chi connectivity index (χ0) is 17.0. The van der Waals surface area contributed by atoms with Crippen molar-refractivity contribution in [2.75, 3.05) is 0 Å². The van der Waals surface area contributed by atoms with Gasteiger partial charge >= 0.3 is 0 Å². The molecule has 0 saturated carbocycles. The molecule has 1 N–H and O–H groups in total. The van der Waals surface area contributed by atoms with E-state index in [1.54, 1.807) is 19.9 Å². The second kappa shape index (κ2) is 6.88. The van der Waals surface area contributed by atoms with Crippen molar-refractivity contribution in [1.82, 2.24) is 4.57 Å². The van der Waals surface area contributed by atoms with Gasteiger partial charge in [0.1, 0.15) is 11.6 Å². The summed E-state index contributed by atoms with van der Waals surface area (Å²) in [7, 11) is 0.